The van der Waals surface area contributed by atoms with Gasteiger partial charge in [0.2, 0.25) is 0 Å². The summed E-state index contributed by atoms with van der Waals surface area (Å²) in [6.07, 6.45) is 18.1. The van der Waals surface area contributed by atoms with Gasteiger partial charge in [-0.3, -0.25) is 0 Å². The number of hydrogen-bond acceptors (Lipinski definition) is 0. The first-order valence-corrected chi connectivity index (χ1v) is 11.1. The Balaban J connectivity index is 4.17. The Labute approximate surface area is 111 Å². The second kappa shape index (κ2) is 11.5. The van der Waals surface area contributed by atoms with E-state index in [0.717, 1.165) is 0 Å². The van der Waals surface area contributed by atoms with Gasteiger partial charge in [-0.1, -0.05) is 0 Å². The number of rotatable bonds is 12. The van der Waals surface area contributed by atoms with Crippen molar-refractivity contribution in [3.63, 3.8) is 0 Å². The molecule has 106 valence electrons. The summed E-state index contributed by atoms with van der Waals surface area (Å²) in [5, 5.41) is 0. The van der Waals surface area contributed by atoms with Crippen molar-refractivity contribution in [2.24, 2.45) is 0 Å². The van der Waals surface area contributed by atoms with E-state index in [2.05, 4.69) is 27.7 Å². The molecule has 0 atom stereocenters. The van der Waals surface area contributed by atoms with Crippen molar-refractivity contribution < 1.29 is 0 Å². The Morgan fingerprint density at radius 1 is 0.529 bits per heavy atom. The number of unbranched alkanes of at least 4 members (excludes halogenated alkanes) is 5. The minimum atomic E-state index is -0.865. The van der Waals surface area contributed by atoms with Gasteiger partial charge in [-0.25, -0.2) is 0 Å². The topological polar surface area (TPSA) is 0 Å². The molecule has 1 heteroatoms. The predicted octanol–water partition coefficient (Wildman–Crippen LogP) is 5.94. The van der Waals surface area contributed by atoms with Crippen molar-refractivity contribution in [3.8, 4) is 0 Å². The molecular weight excluding hydrogens is 223 g/mol. The third-order valence-corrected chi connectivity index (χ3v) is 10.2. The molecule has 0 nitrogen and oxygen atoms in total. The van der Waals surface area contributed by atoms with Gasteiger partial charge in [-0.15, -0.1) is 0 Å². The van der Waals surface area contributed by atoms with Crippen molar-refractivity contribution in [2.75, 3.05) is 24.6 Å². The van der Waals surface area contributed by atoms with Crippen LogP contribution in [0.25, 0.3) is 0 Å². The fraction of sp³-hybridized carbons (Fsp3) is 1.00. The zero-order valence-corrected chi connectivity index (χ0v) is 14.0. The zero-order chi connectivity index (χ0) is 13.0. The van der Waals surface area contributed by atoms with Crippen LogP contribution in [0, 0.1) is 0 Å². The van der Waals surface area contributed by atoms with Gasteiger partial charge >= 0.3 is 111 Å². The average Bonchev–Trinajstić information content (AvgIpc) is 2.36. The normalized spacial score (nSPS) is 12.9. The van der Waals surface area contributed by atoms with Crippen LogP contribution in [0.5, 0.6) is 0 Å². The van der Waals surface area contributed by atoms with Gasteiger partial charge < -0.3 is 0 Å². The molecule has 0 aliphatic rings. The molecule has 0 bridgehead atoms. The second-order valence-corrected chi connectivity index (χ2v) is 11.1. The van der Waals surface area contributed by atoms with Gasteiger partial charge in [0.15, 0.2) is 0 Å². The molecule has 0 unspecified atom stereocenters. The Morgan fingerprint density at radius 3 is 1.29 bits per heavy atom. The SMILES string of the molecule is CCCCC[PH](CC)(CCCC)CCCCC. The van der Waals surface area contributed by atoms with E-state index in [-0.39, 0.29) is 0 Å². The maximum atomic E-state index is 2.49. The van der Waals surface area contributed by atoms with Crippen molar-refractivity contribution in [3.05, 3.63) is 0 Å². The molecule has 0 aromatic carbocycles. The molecule has 0 aromatic rings. The monoisotopic (exact) mass is 260 g/mol. The van der Waals surface area contributed by atoms with E-state index < -0.39 is 7.26 Å². The van der Waals surface area contributed by atoms with Crippen LogP contribution in [0.15, 0.2) is 0 Å². The molecule has 0 heterocycles. The molecule has 0 radical (unpaired) electrons. The molecule has 0 aromatic heterocycles. The van der Waals surface area contributed by atoms with Crippen molar-refractivity contribution in [1.29, 1.82) is 0 Å². The van der Waals surface area contributed by atoms with Crippen LogP contribution in [-0.2, 0) is 0 Å². The van der Waals surface area contributed by atoms with Gasteiger partial charge in [0, 0.05) is 0 Å². The first kappa shape index (κ1) is 17.4. The molecule has 0 spiro atoms. The van der Waals surface area contributed by atoms with Crippen LogP contribution in [0.4, 0.5) is 0 Å². The maximum absolute atomic E-state index is 2.49. The van der Waals surface area contributed by atoms with Crippen molar-refractivity contribution >= 4 is 7.26 Å². The standard InChI is InChI=1S/C16H37P/c1-5-9-12-15-17(8-4,14-11-7-3)16-13-10-6-2/h17H,5-16H2,1-4H3. The van der Waals surface area contributed by atoms with E-state index in [9.17, 15) is 0 Å². The third-order valence-electron chi connectivity index (χ3n) is 4.43. The van der Waals surface area contributed by atoms with Crippen LogP contribution in [0.1, 0.15) is 79.1 Å². The van der Waals surface area contributed by atoms with Gasteiger partial charge in [0.25, 0.3) is 0 Å². The molecule has 0 aliphatic heterocycles. The molecule has 0 N–H and O–H groups in total. The van der Waals surface area contributed by atoms with E-state index in [4.69, 9.17) is 0 Å². The molecule has 0 amide bonds. The summed E-state index contributed by atoms with van der Waals surface area (Å²) in [7, 11) is -0.865. The number of hydrogen-bond donors (Lipinski definition) is 0. The molecule has 0 aliphatic carbocycles. The summed E-state index contributed by atoms with van der Waals surface area (Å²) in [5.41, 5.74) is 0. The predicted molar refractivity (Wildman–Crippen MR) is 87.4 cm³/mol. The minimum absolute atomic E-state index is 0.865. The summed E-state index contributed by atoms with van der Waals surface area (Å²) in [6, 6.07) is 0. The fourth-order valence-corrected chi connectivity index (χ4v) is 7.87. The summed E-state index contributed by atoms with van der Waals surface area (Å²) in [6.45, 7) is 9.50. The Bertz CT molecular complexity index is 144. The zero-order valence-electron chi connectivity index (χ0n) is 13.0. The summed E-state index contributed by atoms with van der Waals surface area (Å²) in [5.74, 6) is 0. The third kappa shape index (κ3) is 8.20. The van der Waals surface area contributed by atoms with E-state index in [1.807, 2.05) is 0 Å². The van der Waals surface area contributed by atoms with E-state index in [1.165, 1.54) is 51.4 Å². The van der Waals surface area contributed by atoms with Crippen LogP contribution in [0.3, 0.4) is 0 Å². The Morgan fingerprint density at radius 2 is 0.941 bits per heavy atom. The van der Waals surface area contributed by atoms with Gasteiger partial charge in [0.05, 0.1) is 0 Å². The first-order chi connectivity index (χ1) is 8.24. The molecule has 0 saturated carbocycles. The Hall–Kier alpha value is 0.430. The van der Waals surface area contributed by atoms with Crippen molar-refractivity contribution in [2.45, 2.75) is 79.1 Å². The molecule has 0 fully saturated rings. The van der Waals surface area contributed by atoms with Crippen LogP contribution in [-0.4, -0.2) is 24.6 Å². The van der Waals surface area contributed by atoms with Crippen molar-refractivity contribution in [1.82, 2.24) is 0 Å². The molecule has 0 rings (SSSR count). The molecule has 17 heavy (non-hydrogen) atoms. The van der Waals surface area contributed by atoms with Gasteiger partial charge in [0.1, 0.15) is 0 Å². The first-order valence-electron chi connectivity index (χ1n) is 8.24. The summed E-state index contributed by atoms with van der Waals surface area (Å²) < 4.78 is 0. The molecule has 0 saturated heterocycles. The van der Waals surface area contributed by atoms with E-state index >= 15 is 0 Å². The van der Waals surface area contributed by atoms with Crippen LogP contribution >= 0.6 is 7.26 Å². The van der Waals surface area contributed by atoms with Gasteiger partial charge in [-0.05, 0) is 0 Å². The summed E-state index contributed by atoms with van der Waals surface area (Å²) >= 11 is 0. The average molecular weight is 260 g/mol. The fourth-order valence-electron chi connectivity index (χ4n) is 2.96. The van der Waals surface area contributed by atoms with E-state index in [0.29, 0.717) is 0 Å². The van der Waals surface area contributed by atoms with E-state index in [1.54, 1.807) is 24.6 Å². The molecular formula is C16H37P. The van der Waals surface area contributed by atoms with Gasteiger partial charge in [-0.2, -0.15) is 0 Å². The Kier molecular flexibility index (Phi) is 11.8. The second-order valence-electron chi connectivity index (χ2n) is 5.87. The quantitative estimate of drug-likeness (QED) is 0.301. The van der Waals surface area contributed by atoms with Crippen LogP contribution < -0.4 is 0 Å². The van der Waals surface area contributed by atoms with Crippen LogP contribution in [0.2, 0.25) is 0 Å². The summed E-state index contributed by atoms with van der Waals surface area (Å²) in [4.78, 5) is 0.